The first-order valence-electron chi connectivity index (χ1n) is 7.39. The minimum atomic E-state index is -0.104. The van der Waals surface area contributed by atoms with Gasteiger partial charge in [-0.3, -0.25) is 0 Å². The van der Waals surface area contributed by atoms with Crippen LogP contribution in [0.15, 0.2) is 76.6 Å². The number of aromatic nitrogens is 3. The first-order chi connectivity index (χ1) is 11.1. The summed E-state index contributed by atoms with van der Waals surface area (Å²) in [6.07, 6.45) is 3.39. The van der Waals surface area contributed by atoms with Gasteiger partial charge in [0.2, 0.25) is 0 Å². The Bertz CT molecular complexity index is 740. The summed E-state index contributed by atoms with van der Waals surface area (Å²) in [5.41, 5.74) is 1.18. The third-order valence-electron chi connectivity index (χ3n) is 3.87. The van der Waals surface area contributed by atoms with Gasteiger partial charge in [0.05, 0.1) is 0 Å². The fourth-order valence-electron chi connectivity index (χ4n) is 2.52. The number of rotatable bonds is 5. The van der Waals surface area contributed by atoms with Gasteiger partial charge >= 0.3 is 0 Å². The van der Waals surface area contributed by atoms with Crippen LogP contribution in [-0.4, -0.2) is 14.8 Å². The van der Waals surface area contributed by atoms with E-state index in [1.54, 1.807) is 24.4 Å². The van der Waals surface area contributed by atoms with E-state index in [4.69, 9.17) is 0 Å². The molecule has 0 bridgehead atoms. The number of thioether (sulfide) groups is 1. The standard InChI is InChI=1S/C18H18BrN3S/c1-18(2,14-6-4-3-5-7-14)17(22-13-20-12-21-22)23-16-10-8-15(19)9-11-16/h3-13,17H,1-2H3. The molecule has 0 amide bonds. The van der Waals surface area contributed by atoms with E-state index in [0.717, 1.165) is 4.47 Å². The molecule has 0 fully saturated rings. The van der Waals surface area contributed by atoms with Crippen molar-refractivity contribution in [3.8, 4) is 0 Å². The average molecular weight is 388 g/mol. The van der Waals surface area contributed by atoms with Gasteiger partial charge in [0.15, 0.2) is 0 Å². The van der Waals surface area contributed by atoms with Gasteiger partial charge in [-0.15, -0.1) is 0 Å². The van der Waals surface area contributed by atoms with Crippen LogP contribution in [0, 0.1) is 0 Å². The summed E-state index contributed by atoms with van der Waals surface area (Å²) in [5.74, 6) is 0. The van der Waals surface area contributed by atoms with Crippen molar-refractivity contribution < 1.29 is 0 Å². The molecule has 0 aliphatic rings. The highest BCUT2D eigenvalue weighted by Gasteiger charge is 2.34. The molecule has 3 nitrogen and oxygen atoms in total. The molecule has 0 aliphatic carbocycles. The number of halogens is 1. The Labute approximate surface area is 149 Å². The van der Waals surface area contributed by atoms with Gasteiger partial charge in [-0.2, -0.15) is 5.10 Å². The molecule has 0 aliphatic heterocycles. The van der Waals surface area contributed by atoms with E-state index in [1.165, 1.54) is 10.5 Å². The van der Waals surface area contributed by atoms with Crippen LogP contribution in [0.3, 0.4) is 0 Å². The van der Waals surface area contributed by atoms with Gasteiger partial charge in [-0.25, -0.2) is 9.67 Å². The molecule has 5 heteroatoms. The van der Waals surface area contributed by atoms with Gasteiger partial charge in [0.1, 0.15) is 18.0 Å². The molecule has 0 saturated carbocycles. The van der Waals surface area contributed by atoms with E-state index in [2.05, 4.69) is 88.4 Å². The third-order valence-corrected chi connectivity index (χ3v) is 5.97. The van der Waals surface area contributed by atoms with Gasteiger partial charge < -0.3 is 0 Å². The monoisotopic (exact) mass is 387 g/mol. The summed E-state index contributed by atoms with van der Waals surface area (Å²) in [5, 5.41) is 4.50. The molecule has 1 aromatic heterocycles. The van der Waals surface area contributed by atoms with Crippen molar-refractivity contribution in [2.75, 3.05) is 0 Å². The highest BCUT2D eigenvalue weighted by atomic mass is 79.9. The van der Waals surface area contributed by atoms with Crippen molar-refractivity contribution in [3.05, 3.63) is 77.3 Å². The van der Waals surface area contributed by atoms with E-state index >= 15 is 0 Å². The van der Waals surface area contributed by atoms with Crippen LogP contribution in [0.4, 0.5) is 0 Å². The van der Waals surface area contributed by atoms with Crippen molar-refractivity contribution in [3.63, 3.8) is 0 Å². The molecule has 0 saturated heterocycles. The van der Waals surface area contributed by atoms with Crippen LogP contribution < -0.4 is 0 Å². The molecule has 3 rings (SSSR count). The Kier molecular flexibility index (Phi) is 4.87. The Balaban J connectivity index is 1.97. The molecule has 1 heterocycles. The molecular weight excluding hydrogens is 370 g/mol. The molecule has 1 atom stereocenters. The summed E-state index contributed by atoms with van der Waals surface area (Å²) in [7, 11) is 0. The maximum atomic E-state index is 4.40. The summed E-state index contributed by atoms with van der Waals surface area (Å²) in [6.45, 7) is 4.50. The Morgan fingerprint density at radius 1 is 1.04 bits per heavy atom. The molecule has 0 N–H and O–H groups in total. The lowest BCUT2D eigenvalue weighted by atomic mass is 9.84. The fourth-order valence-corrected chi connectivity index (χ4v) is 3.99. The normalized spacial score (nSPS) is 13.0. The maximum Gasteiger partial charge on any atom is 0.137 e. The third kappa shape index (κ3) is 3.67. The summed E-state index contributed by atoms with van der Waals surface area (Å²) >= 11 is 5.29. The van der Waals surface area contributed by atoms with Crippen LogP contribution >= 0.6 is 27.7 Å². The topological polar surface area (TPSA) is 30.7 Å². The molecule has 3 aromatic rings. The van der Waals surface area contributed by atoms with E-state index in [-0.39, 0.29) is 10.8 Å². The molecule has 2 aromatic carbocycles. The number of hydrogen-bond donors (Lipinski definition) is 0. The maximum absolute atomic E-state index is 4.40. The van der Waals surface area contributed by atoms with E-state index in [0.29, 0.717) is 0 Å². The van der Waals surface area contributed by atoms with Crippen LogP contribution in [0.5, 0.6) is 0 Å². The van der Waals surface area contributed by atoms with Crippen molar-refractivity contribution in [1.82, 2.24) is 14.8 Å². The van der Waals surface area contributed by atoms with Crippen molar-refractivity contribution in [2.45, 2.75) is 29.5 Å². The highest BCUT2D eigenvalue weighted by molar-refractivity contribution is 9.10. The summed E-state index contributed by atoms with van der Waals surface area (Å²) in [6, 6.07) is 18.9. The predicted octanol–water partition coefficient (Wildman–Crippen LogP) is 5.31. The van der Waals surface area contributed by atoms with Crippen LogP contribution in [0.2, 0.25) is 0 Å². The van der Waals surface area contributed by atoms with Gasteiger partial charge in [0, 0.05) is 14.8 Å². The minimum Gasteiger partial charge on any atom is -0.239 e. The Hall–Kier alpha value is -1.59. The lowest BCUT2D eigenvalue weighted by Gasteiger charge is -2.34. The van der Waals surface area contributed by atoms with Crippen molar-refractivity contribution in [2.24, 2.45) is 0 Å². The first-order valence-corrected chi connectivity index (χ1v) is 9.06. The average Bonchev–Trinajstić information content (AvgIpc) is 3.09. The van der Waals surface area contributed by atoms with Crippen molar-refractivity contribution in [1.29, 1.82) is 0 Å². The van der Waals surface area contributed by atoms with E-state index in [9.17, 15) is 0 Å². The lowest BCUT2D eigenvalue weighted by molar-refractivity contribution is 0.394. The summed E-state index contributed by atoms with van der Waals surface area (Å²) < 4.78 is 3.03. The zero-order valence-corrected chi connectivity index (χ0v) is 15.5. The Morgan fingerprint density at radius 2 is 1.74 bits per heavy atom. The summed E-state index contributed by atoms with van der Waals surface area (Å²) in [4.78, 5) is 5.34. The van der Waals surface area contributed by atoms with Gasteiger partial charge in [-0.05, 0) is 29.8 Å². The molecule has 118 valence electrons. The number of hydrogen-bond acceptors (Lipinski definition) is 3. The molecule has 1 unspecified atom stereocenters. The molecule has 0 spiro atoms. The van der Waals surface area contributed by atoms with E-state index < -0.39 is 0 Å². The smallest absolute Gasteiger partial charge is 0.137 e. The van der Waals surface area contributed by atoms with Gasteiger partial charge in [0.25, 0.3) is 0 Å². The predicted molar refractivity (Wildman–Crippen MR) is 98.5 cm³/mol. The fraction of sp³-hybridized carbons (Fsp3) is 0.222. The molecule has 23 heavy (non-hydrogen) atoms. The Morgan fingerprint density at radius 3 is 2.35 bits per heavy atom. The van der Waals surface area contributed by atoms with Gasteiger partial charge in [-0.1, -0.05) is 71.9 Å². The second kappa shape index (κ2) is 6.89. The SMILES string of the molecule is CC(C)(c1ccccc1)C(Sc1ccc(Br)cc1)n1cncn1. The van der Waals surface area contributed by atoms with Crippen molar-refractivity contribution >= 4 is 27.7 Å². The zero-order chi connectivity index (χ0) is 16.3. The number of nitrogens with zero attached hydrogens (tertiary/aromatic N) is 3. The zero-order valence-electron chi connectivity index (χ0n) is 13.1. The largest absolute Gasteiger partial charge is 0.239 e. The second-order valence-corrected chi connectivity index (χ2v) is 7.96. The van der Waals surface area contributed by atoms with Crippen LogP contribution in [0.1, 0.15) is 24.8 Å². The first kappa shape index (κ1) is 16.3. The second-order valence-electron chi connectivity index (χ2n) is 5.89. The van der Waals surface area contributed by atoms with Crippen LogP contribution in [0.25, 0.3) is 0 Å². The van der Waals surface area contributed by atoms with E-state index in [1.807, 2.05) is 10.7 Å². The van der Waals surface area contributed by atoms with Crippen LogP contribution in [-0.2, 0) is 5.41 Å². The molecule has 0 radical (unpaired) electrons. The number of benzene rings is 2. The molecular formula is C18H18BrN3S. The minimum absolute atomic E-state index is 0.104. The lowest BCUT2D eigenvalue weighted by Crippen LogP contribution is -2.29. The quantitative estimate of drug-likeness (QED) is 0.555. The highest BCUT2D eigenvalue weighted by Crippen LogP contribution is 2.45.